The highest BCUT2D eigenvalue weighted by Gasteiger charge is 2.20. The number of nitrogens with zero attached hydrogens (tertiary/aromatic N) is 1. The fourth-order valence-corrected chi connectivity index (χ4v) is 4.61. The van der Waals surface area contributed by atoms with E-state index in [1.54, 1.807) is 30.3 Å². The fraction of sp³-hybridized carbons (Fsp3) is 0.200. The van der Waals surface area contributed by atoms with Crippen LogP contribution in [0, 0.1) is 5.82 Å². The van der Waals surface area contributed by atoms with Crippen molar-refractivity contribution in [2.24, 2.45) is 0 Å². The number of benzene rings is 2. The van der Waals surface area contributed by atoms with Gasteiger partial charge in [0, 0.05) is 34.4 Å². The molecule has 1 aliphatic heterocycles. The van der Waals surface area contributed by atoms with Crippen LogP contribution in [0.2, 0.25) is 5.02 Å². The highest BCUT2D eigenvalue weighted by molar-refractivity contribution is 7.21. The molecule has 2 amide bonds. The van der Waals surface area contributed by atoms with Crippen molar-refractivity contribution in [1.82, 2.24) is 4.90 Å². The molecule has 0 atom stereocenters. The zero-order valence-corrected chi connectivity index (χ0v) is 15.9. The van der Waals surface area contributed by atoms with Gasteiger partial charge in [0.25, 0.3) is 11.8 Å². The molecule has 4 nitrogen and oxygen atoms in total. The summed E-state index contributed by atoms with van der Waals surface area (Å²) in [5.74, 6) is -0.717. The van der Waals surface area contributed by atoms with E-state index in [9.17, 15) is 14.0 Å². The first-order valence-corrected chi connectivity index (χ1v) is 9.80. The summed E-state index contributed by atoms with van der Waals surface area (Å²) in [5, 5.41) is 3.74. The molecule has 4 rings (SSSR count). The Balaban J connectivity index is 1.51. The molecule has 27 heavy (non-hydrogen) atoms. The number of nitrogens with one attached hydrogen (secondary N) is 1. The van der Waals surface area contributed by atoms with Gasteiger partial charge in [0.1, 0.15) is 10.7 Å². The van der Waals surface area contributed by atoms with Gasteiger partial charge in [-0.15, -0.1) is 11.3 Å². The molecule has 7 heteroatoms. The smallest absolute Gasteiger partial charge is 0.267 e. The quantitative estimate of drug-likeness (QED) is 0.656. The predicted octanol–water partition coefficient (Wildman–Crippen LogP) is 5.18. The Morgan fingerprint density at radius 3 is 2.48 bits per heavy atom. The highest BCUT2D eigenvalue weighted by Crippen LogP contribution is 2.36. The average molecular weight is 403 g/mol. The number of hydrogen-bond donors (Lipinski definition) is 1. The molecule has 1 N–H and O–H groups in total. The van der Waals surface area contributed by atoms with Gasteiger partial charge in [-0.3, -0.25) is 9.59 Å². The van der Waals surface area contributed by atoms with E-state index in [-0.39, 0.29) is 17.6 Å². The molecule has 3 aromatic rings. The first-order chi connectivity index (χ1) is 13.0. The van der Waals surface area contributed by atoms with Crippen LogP contribution in [0.15, 0.2) is 42.5 Å². The van der Waals surface area contributed by atoms with Crippen LogP contribution in [0.3, 0.4) is 0 Å². The number of likely N-dealkylation sites (tertiary alicyclic amines) is 1. The number of rotatable bonds is 3. The molecule has 0 spiro atoms. The maximum Gasteiger partial charge on any atom is 0.267 e. The molecule has 0 unspecified atom stereocenters. The number of amides is 2. The zero-order valence-electron chi connectivity index (χ0n) is 14.3. The van der Waals surface area contributed by atoms with Gasteiger partial charge in [0.15, 0.2) is 0 Å². The normalized spacial score (nSPS) is 13.9. The molecule has 1 aromatic heterocycles. The van der Waals surface area contributed by atoms with Gasteiger partial charge in [0.2, 0.25) is 0 Å². The summed E-state index contributed by atoms with van der Waals surface area (Å²) in [6.07, 6.45) is 2.08. The third kappa shape index (κ3) is 3.55. The Hall–Kier alpha value is -2.44. The second kappa shape index (κ2) is 7.29. The minimum atomic E-state index is -0.370. The van der Waals surface area contributed by atoms with E-state index in [0.29, 0.717) is 31.2 Å². The molecule has 0 radical (unpaired) electrons. The third-order valence-electron chi connectivity index (χ3n) is 4.58. The van der Waals surface area contributed by atoms with Crippen molar-refractivity contribution >= 4 is 50.5 Å². The van der Waals surface area contributed by atoms with Crippen LogP contribution in [-0.4, -0.2) is 29.8 Å². The highest BCUT2D eigenvalue weighted by atomic mass is 35.5. The van der Waals surface area contributed by atoms with Crippen LogP contribution in [-0.2, 0) is 0 Å². The molecule has 1 aliphatic rings. The number of carbonyl (C=O) groups is 2. The molecule has 0 bridgehead atoms. The number of hydrogen-bond acceptors (Lipinski definition) is 3. The lowest BCUT2D eigenvalue weighted by Crippen LogP contribution is -2.27. The average Bonchev–Trinajstić information content (AvgIpc) is 3.30. The molecular formula is C20H16ClFN2O2S. The Morgan fingerprint density at radius 1 is 1.07 bits per heavy atom. The van der Waals surface area contributed by atoms with Crippen LogP contribution in [0.1, 0.15) is 32.9 Å². The summed E-state index contributed by atoms with van der Waals surface area (Å²) in [6, 6.07) is 11.1. The van der Waals surface area contributed by atoms with E-state index in [4.69, 9.17) is 11.6 Å². The maximum absolute atomic E-state index is 13.4. The van der Waals surface area contributed by atoms with Crippen molar-refractivity contribution in [3.05, 3.63) is 63.7 Å². The zero-order chi connectivity index (χ0) is 19.0. The minimum Gasteiger partial charge on any atom is -0.339 e. The first-order valence-electron chi connectivity index (χ1n) is 8.61. The fourth-order valence-electron chi connectivity index (χ4n) is 3.17. The Morgan fingerprint density at radius 2 is 1.78 bits per heavy atom. The Labute approximate surface area is 164 Å². The van der Waals surface area contributed by atoms with Crippen LogP contribution < -0.4 is 5.32 Å². The summed E-state index contributed by atoms with van der Waals surface area (Å²) in [6.45, 7) is 1.59. The topological polar surface area (TPSA) is 49.4 Å². The van der Waals surface area contributed by atoms with Gasteiger partial charge in [-0.2, -0.15) is 0 Å². The van der Waals surface area contributed by atoms with Gasteiger partial charge in [-0.25, -0.2) is 4.39 Å². The van der Waals surface area contributed by atoms with E-state index >= 15 is 0 Å². The molecular weight excluding hydrogens is 387 g/mol. The number of thiophene rings is 1. The number of carbonyl (C=O) groups excluding carboxylic acids is 2. The van der Waals surface area contributed by atoms with Crippen molar-refractivity contribution in [2.45, 2.75) is 12.8 Å². The van der Waals surface area contributed by atoms with E-state index in [1.807, 2.05) is 4.90 Å². The molecule has 1 fully saturated rings. The van der Waals surface area contributed by atoms with Crippen molar-refractivity contribution in [1.29, 1.82) is 0 Å². The minimum absolute atomic E-state index is 0.0138. The van der Waals surface area contributed by atoms with E-state index in [0.717, 1.165) is 37.3 Å². The van der Waals surface area contributed by atoms with Crippen LogP contribution in [0.25, 0.3) is 10.1 Å². The maximum atomic E-state index is 13.4. The Kier molecular flexibility index (Phi) is 4.85. The standard InChI is InChI=1S/C20H16ClFN2O2S/c21-17-15-8-5-13(22)11-16(15)27-18(17)19(25)23-14-6-3-12(4-7-14)20(26)24-9-1-2-10-24/h3-8,11H,1-2,9-10H2,(H,23,25). The van der Waals surface area contributed by atoms with Gasteiger partial charge in [-0.1, -0.05) is 11.6 Å². The van der Waals surface area contributed by atoms with Crippen molar-refractivity contribution < 1.29 is 14.0 Å². The van der Waals surface area contributed by atoms with Gasteiger partial charge < -0.3 is 10.2 Å². The van der Waals surface area contributed by atoms with Crippen molar-refractivity contribution in [3.8, 4) is 0 Å². The summed E-state index contributed by atoms with van der Waals surface area (Å²) in [4.78, 5) is 27.1. The van der Waals surface area contributed by atoms with E-state index in [1.165, 1.54) is 12.1 Å². The number of fused-ring (bicyclic) bond motifs is 1. The lowest BCUT2D eigenvalue weighted by atomic mass is 10.2. The second-order valence-electron chi connectivity index (χ2n) is 6.42. The number of anilines is 1. The SMILES string of the molecule is O=C(Nc1ccc(C(=O)N2CCCC2)cc1)c1sc2cc(F)ccc2c1Cl. The summed E-state index contributed by atoms with van der Waals surface area (Å²) < 4.78 is 14.0. The third-order valence-corrected chi connectivity index (χ3v) is 6.24. The first kappa shape index (κ1) is 17.9. The molecule has 138 valence electrons. The van der Waals surface area contributed by atoms with Crippen LogP contribution in [0.4, 0.5) is 10.1 Å². The van der Waals surface area contributed by atoms with Gasteiger partial charge in [0.05, 0.1) is 5.02 Å². The lowest BCUT2D eigenvalue weighted by molar-refractivity contribution is 0.0792. The van der Waals surface area contributed by atoms with Crippen molar-refractivity contribution in [3.63, 3.8) is 0 Å². The van der Waals surface area contributed by atoms with E-state index in [2.05, 4.69) is 5.32 Å². The summed E-state index contributed by atoms with van der Waals surface area (Å²) in [5.41, 5.74) is 1.17. The number of halogens is 2. The van der Waals surface area contributed by atoms with Crippen LogP contribution >= 0.6 is 22.9 Å². The lowest BCUT2D eigenvalue weighted by Gasteiger charge is -2.15. The molecule has 2 aromatic carbocycles. The van der Waals surface area contributed by atoms with E-state index < -0.39 is 0 Å². The van der Waals surface area contributed by atoms with Gasteiger partial charge in [-0.05, 0) is 55.3 Å². The Bertz CT molecular complexity index is 1030. The summed E-state index contributed by atoms with van der Waals surface area (Å²) >= 11 is 7.43. The predicted molar refractivity (Wildman–Crippen MR) is 106 cm³/mol. The monoisotopic (exact) mass is 402 g/mol. The van der Waals surface area contributed by atoms with Crippen LogP contribution in [0.5, 0.6) is 0 Å². The molecule has 0 saturated carbocycles. The molecule has 1 saturated heterocycles. The molecule has 2 heterocycles. The largest absolute Gasteiger partial charge is 0.339 e. The van der Waals surface area contributed by atoms with Gasteiger partial charge >= 0.3 is 0 Å². The second-order valence-corrected chi connectivity index (χ2v) is 7.85. The van der Waals surface area contributed by atoms with Crippen molar-refractivity contribution in [2.75, 3.05) is 18.4 Å². The molecule has 0 aliphatic carbocycles. The summed E-state index contributed by atoms with van der Waals surface area (Å²) in [7, 11) is 0.